The van der Waals surface area contributed by atoms with E-state index in [1.165, 1.54) is 17.3 Å². The average molecular weight is 494 g/mol. The van der Waals surface area contributed by atoms with E-state index < -0.39 is 11.7 Å². The van der Waals surface area contributed by atoms with Crippen LogP contribution in [0.1, 0.15) is 12.8 Å². The second-order valence-corrected chi connectivity index (χ2v) is 56.2. The third kappa shape index (κ3) is 10.7. The van der Waals surface area contributed by atoms with Gasteiger partial charge in [0.2, 0.25) is 0 Å². The van der Waals surface area contributed by atoms with Gasteiger partial charge in [-0.1, -0.05) is 0 Å². The van der Waals surface area contributed by atoms with Gasteiger partial charge in [0.05, 0.1) is 0 Å². The molecule has 0 aliphatic heterocycles. The molecule has 0 aromatic rings. The molecule has 0 rings (SSSR count). The van der Waals surface area contributed by atoms with Crippen molar-refractivity contribution in [3.8, 4) is 0 Å². The first kappa shape index (κ1) is 11.7. The molecule has 0 N–H and O–H groups in total. The first-order chi connectivity index (χ1) is 4.06. The van der Waals surface area contributed by atoms with Crippen LogP contribution >= 0.6 is 54.0 Å². The SMILES string of the molecule is BrCCC[CH2][Sn]([Br])([Br])[Br]. The molecule has 0 fully saturated rings. The number of rotatable bonds is 4. The van der Waals surface area contributed by atoms with Gasteiger partial charge in [0.25, 0.3) is 0 Å². The molecule has 0 saturated carbocycles. The zero-order valence-corrected chi connectivity index (χ0v) is 14.0. The van der Waals surface area contributed by atoms with Gasteiger partial charge < -0.3 is 0 Å². The van der Waals surface area contributed by atoms with Crippen molar-refractivity contribution in [1.29, 1.82) is 0 Å². The van der Waals surface area contributed by atoms with Gasteiger partial charge in [-0.25, -0.2) is 0 Å². The number of halogens is 4. The molecule has 0 radical (unpaired) electrons. The van der Waals surface area contributed by atoms with Crippen molar-refractivity contribution in [2.45, 2.75) is 17.3 Å². The fourth-order valence-electron chi connectivity index (χ4n) is 0.420. The van der Waals surface area contributed by atoms with Crippen molar-refractivity contribution in [2.75, 3.05) is 5.33 Å². The maximum atomic E-state index is 3.64. The van der Waals surface area contributed by atoms with Crippen LogP contribution in [-0.2, 0) is 0 Å². The van der Waals surface area contributed by atoms with E-state index in [9.17, 15) is 0 Å². The van der Waals surface area contributed by atoms with Crippen LogP contribution in [-0.4, -0.2) is 17.0 Å². The maximum absolute atomic E-state index is 3.64. The van der Waals surface area contributed by atoms with Crippen LogP contribution in [0, 0.1) is 0 Å². The van der Waals surface area contributed by atoms with Crippen LogP contribution in [0.3, 0.4) is 0 Å². The number of unbranched alkanes of at least 4 members (excludes halogenated alkanes) is 1. The summed E-state index contributed by atoms with van der Waals surface area (Å²) >= 11 is 12.4. The van der Waals surface area contributed by atoms with Crippen LogP contribution in [0.5, 0.6) is 0 Å². The van der Waals surface area contributed by atoms with Crippen molar-refractivity contribution in [3.05, 3.63) is 0 Å². The molecule has 0 spiro atoms. The van der Waals surface area contributed by atoms with Crippen molar-refractivity contribution in [2.24, 2.45) is 0 Å². The van der Waals surface area contributed by atoms with Crippen molar-refractivity contribution < 1.29 is 0 Å². The summed E-state index contributed by atoms with van der Waals surface area (Å²) in [6, 6.07) is 0. The number of hydrogen-bond donors (Lipinski definition) is 0. The summed E-state index contributed by atoms with van der Waals surface area (Å²) in [6.45, 7) is 0. The first-order valence-corrected chi connectivity index (χ1v) is 25.0. The third-order valence-electron chi connectivity index (χ3n) is 0.844. The molecule has 0 aromatic carbocycles. The minimum atomic E-state index is -1.92. The Morgan fingerprint density at radius 3 is 1.89 bits per heavy atom. The summed E-state index contributed by atoms with van der Waals surface area (Å²) in [5, 5.41) is 1.13. The Hall–Kier alpha value is 2.72. The van der Waals surface area contributed by atoms with Gasteiger partial charge >= 0.3 is 88.4 Å². The van der Waals surface area contributed by atoms with E-state index in [-0.39, 0.29) is 0 Å². The Labute approximate surface area is 86.8 Å². The monoisotopic (exact) mass is 492 g/mol. The Kier molecular flexibility index (Phi) is 8.15. The van der Waals surface area contributed by atoms with Crippen LogP contribution in [0.15, 0.2) is 0 Å². The molecule has 0 heterocycles. The molecule has 0 amide bonds. The van der Waals surface area contributed by atoms with Gasteiger partial charge in [-0.05, 0) is 0 Å². The molecule has 0 saturated heterocycles. The van der Waals surface area contributed by atoms with Gasteiger partial charge in [-0.3, -0.25) is 0 Å². The topological polar surface area (TPSA) is 0 Å². The molecule has 0 aliphatic rings. The summed E-state index contributed by atoms with van der Waals surface area (Å²) in [5.41, 5.74) is 0. The fourth-order valence-corrected chi connectivity index (χ4v) is 8.32. The van der Waals surface area contributed by atoms with E-state index in [0.29, 0.717) is 0 Å². The molecule has 0 aliphatic carbocycles. The Bertz CT molecular complexity index is 69.5. The molecule has 0 unspecified atom stereocenters. The Morgan fingerprint density at radius 2 is 1.56 bits per heavy atom. The van der Waals surface area contributed by atoms with E-state index in [1.807, 2.05) is 0 Å². The Morgan fingerprint density at radius 1 is 1.00 bits per heavy atom. The van der Waals surface area contributed by atoms with Gasteiger partial charge in [0, 0.05) is 0 Å². The van der Waals surface area contributed by atoms with Gasteiger partial charge in [0.15, 0.2) is 0 Å². The van der Waals surface area contributed by atoms with Gasteiger partial charge in [0.1, 0.15) is 0 Å². The summed E-state index contributed by atoms with van der Waals surface area (Å²) in [4.78, 5) is 0. The summed E-state index contributed by atoms with van der Waals surface area (Å²) in [6.07, 6.45) is 2.59. The number of alkyl halides is 1. The zero-order valence-electron chi connectivity index (χ0n) is 4.84. The molecule has 9 heavy (non-hydrogen) atoms. The minimum absolute atomic E-state index is 1.13. The van der Waals surface area contributed by atoms with E-state index in [2.05, 4.69) is 54.0 Å². The molecular weight excluding hydrogens is 486 g/mol. The van der Waals surface area contributed by atoms with E-state index >= 15 is 0 Å². The van der Waals surface area contributed by atoms with E-state index in [1.54, 1.807) is 0 Å². The van der Waals surface area contributed by atoms with Crippen molar-refractivity contribution in [3.63, 3.8) is 0 Å². The molecule has 5 heteroatoms. The van der Waals surface area contributed by atoms with Crippen LogP contribution < -0.4 is 0 Å². The molecule has 0 nitrogen and oxygen atoms in total. The van der Waals surface area contributed by atoms with Crippen LogP contribution in [0.25, 0.3) is 0 Å². The van der Waals surface area contributed by atoms with Crippen LogP contribution in [0.2, 0.25) is 4.44 Å². The molecule has 56 valence electrons. The average Bonchev–Trinajstić information content (AvgIpc) is 1.63. The summed E-state index contributed by atoms with van der Waals surface area (Å²) in [5.74, 6) is 0. The molecule has 0 bridgehead atoms. The van der Waals surface area contributed by atoms with Gasteiger partial charge in [-0.2, -0.15) is 0 Å². The van der Waals surface area contributed by atoms with Crippen LogP contribution in [0.4, 0.5) is 0 Å². The summed E-state index contributed by atoms with van der Waals surface area (Å²) in [7, 11) is 0. The third-order valence-corrected chi connectivity index (χ3v) is 12.0. The normalized spacial score (nSPS) is 12.0. The van der Waals surface area contributed by atoms with Crippen molar-refractivity contribution >= 4 is 65.8 Å². The quantitative estimate of drug-likeness (QED) is 0.311. The van der Waals surface area contributed by atoms with Gasteiger partial charge in [-0.15, -0.1) is 0 Å². The predicted octanol–water partition coefficient (Wildman–Crippen LogP) is 4.29. The summed E-state index contributed by atoms with van der Waals surface area (Å²) < 4.78 is 1.31. The fraction of sp³-hybridized carbons (Fsp3) is 1.00. The van der Waals surface area contributed by atoms with E-state index in [0.717, 1.165) is 5.33 Å². The second-order valence-electron chi connectivity index (χ2n) is 1.76. The van der Waals surface area contributed by atoms with Crippen molar-refractivity contribution in [1.82, 2.24) is 0 Å². The van der Waals surface area contributed by atoms with E-state index in [4.69, 9.17) is 0 Å². The predicted molar refractivity (Wildman–Crippen MR) is 60.4 cm³/mol. The number of hydrogen-bond acceptors (Lipinski definition) is 0. The zero-order chi connectivity index (χ0) is 7.33. The standard InChI is InChI=1S/C4H8Br.3BrH.Sn/c1-2-3-4-5;;;;/h1-4H2;3*1H;/q;;;;+3/p-3. The second kappa shape index (κ2) is 6.26. The molecular formula is C4H8Br4Sn. The molecule has 0 aromatic heterocycles. The molecule has 0 atom stereocenters. The Balaban J connectivity index is 3.07. The first-order valence-electron chi connectivity index (χ1n) is 2.69.